The summed E-state index contributed by atoms with van der Waals surface area (Å²) in [6.07, 6.45) is 5.93. The van der Waals surface area contributed by atoms with E-state index in [0.29, 0.717) is 0 Å². The molecule has 0 spiro atoms. The van der Waals surface area contributed by atoms with Gasteiger partial charge in [0.05, 0.1) is 6.54 Å². The largest absolute Gasteiger partial charge is 0.382 e. The average Bonchev–Trinajstić information content (AvgIpc) is 3.41. The number of nitrogens with zero attached hydrogens (tertiary/aromatic N) is 6. The molecule has 0 aliphatic heterocycles. The molecule has 0 saturated heterocycles. The van der Waals surface area contributed by atoms with Crippen LogP contribution < -0.4 is 0 Å². The van der Waals surface area contributed by atoms with Gasteiger partial charge in [0.25, 0.3) is 0 Å². The molecule has 1 N–H and O–H groups in total. The standard InChI is InChI=1S/C20H18F2N6O/c1-14(15-2-5-17(6-3-15)27-12-24-25-13-27)20(29,9-28-11-23-10-26-28)18-7-4-16(21)8-19(18)22/h2-8,10-14,29H,9H2,1H3. The van der Waals surface area contributed by atoms with Crippen LogP contribution in [0.5, 0.6) is 0 Å². The van der Waals surface area contributed by atoms with Crippen molar-refractivity contribution >= 4 is 0 Å². The van der Waals surface area contributed by atoms with Gasteiger partial charge in [-0.05, 0) is 23.8 Å². The third-order valence-corrected chi connectivity index (χ3v) is 5.09. The van der Waals surface area contributed by atoms with Crippen molar-refractivity contribution in [2.45, 2.75) is 25.0 Å². The Labute approximate surface area is 165 Å². The third kappa shape index (κ3) is 3.64. The number of halogens is 2. The normalized spacial score (nSPS) is 14.5. The molecule has 2 aromatic carbocycles. The van der Waals surface area contributed by atoms with Crippen molar-refractivity contribution in [2.75, 3.05) is 0 Å². The van der Waals surface area contributed by atoms with Gasteiger partial charge in [0.2, 0.25) is 0 Å². The van der Waals surface area contributed by atoms with Crippen molar-refractivity contribution in [3.05, 3.63) is 90.5 Å². The highest BCUT2D eigenvalue weighted by Gasteiger charge is 2.39. The Hall–Kier alpha value is -3.46. The SMILES string of the molecule is CC(c1ccc(-n2cnnc2)cc1)C(O)(Cn1cncn1)c1ccc(F)cc1F. The van der Waals surface area contributed by atoms with Crippen molar-refractivity contribution in [3.8, 4) is 5.69 Å². The molecule has 0 fully saturated rings. The Bertz CT molecular complexity index is 1080. The summed E-state index contributed by atoms with van der Waals surface area (Å²) >= 11 is 0. The number of aromatic nitrogens is 6. The first-order valence-electron chi connectivity index (χ1n) is 8.92. The van der Waals surface area contributed by atoms with E-state index in [0.717, 1.165) is 23.4 Å². The molecule has 0 radical (unpaired) electrons. The number of aliphatic hydroxyl groups is 1. The number of benzene rings is 2. The van der Waals surface area contributed by atoms with E-state index >= 15 is 0 Å². The molecule has 0 aliphatic rings. The first-order chi connectivity index (χ1) is 14.0. The average molecular weight is 396 g/mol. The summed E-state index contributed by atoms with van der Waals surface area (Å²) in [4.78, 5) is 3.88. The van der Waals surface area contributed by atoms with Gasteiger partial charge >= 0.3 is 0 Å². The zero-order chi connectivity index (χ0) is 20.4. The van der Waals surface area contributed by atoms with Crippen molar-refractivity contribution in [3.63, 3.8) is 0 Å². The first-order valence-corrected chi connectivity index (χ1v) is 8.92. The maximum Gasteiger partial charge on any atom is 0.137 e. The molecule has 0 aliphatic carbocycles. The number of rotatable bonds is 6. The molecule has 148 valence electrons. The van der Waals surface area contributed by atoms with Crippen LogP contribution in [0.1, 0.15) is 24.0 Å². The molecule has 9 heteroatoms. The van der Waals surface area contributed by atoms with Gasteiger partial charge in [0.15, 0.2) is 0 Å². The van der Waals surface area contributed by atoms with Crippen LogP contribution in [0.2, 0.25) is 0 Å². The lowest BCUT2D eigenvalue weighted by Gasteiger charge is -2.35. The molecule has 0 bridgehead atoms. The summed E-state index contributed by atoms with van der Waals surface area (Å²) in [6, 6.07) is 10.6. The van der Waals surface area contributed by atoms with Crippen LogP contribution in [0.3, 0.4) is 0 Å². The highest BCUT2D eigenvalue weighted by atomic mass is 19.1. The van der Waals surface area contributed by atoms with Crippen molar-refractivity contribution in [2.24, 2.45) is 0 Å². The van der Waals surface area contributed by atoms with Crippen LogP contribution in [0, 0.1) is 11.6 Å². The molecule has 2 atom stereocenters. The van der Waals surface area contributed by atoms with E-state index in [2.05, 4.69) is 20.3 Å². The highest BCUT2D eigenvalue weighted by Crippen LogP contribution is 2.39. The van der Waals surface area contributed by atoms with E-state index in [1.54, 1.807) is 24.1 Å². The molecular formula is C20H18F2N6O. The summed E-state index contributed by atoms with van der Waals surface area (Å²) in [6.45, 7) is 1.73. The molecule has 7 nitrogen and oxygen atoms in total. The highest BCUT2D eigenvalue weighted by molar-refractivity contribution is 5.38. The van der Waals surface area contributed by atoms with Gasteiger partial charge in [-0.1, -0.05) is 25.1 Å². The molecular weight excluding hydrogens is 378 g/mol. The summed E-state index contributed by atoms with van der Waals surface area (Å²) < 4.78 is 31.3. The van der Waals surface area contributed by atoms with Gasteiger partial charge in [-0.2, -0.15) is 5.10 Å². The molecule has 29 heavy (non-hydrogen) atoms. The summed E-state index contributed by atoms with van der Waals surface area (Å²) in [5, 5.41) is 23.2. The van der Waals surface area contributed by atoms with Crippen molar-refractivity contribution < 1.29 is 13.9 Å². The molecule has 2 unspecified atom stereocenters. The lowest BCUT2D eigenvalue weighted by Crippen LogP contribution is -2.38. The van der Waals surface area contributed by atoms with Gasteiger partial charge < -0.3 is 5.11 Å². The van der Waals surface area contributed by atoms with Crippen LogP contribution in [0.4, 0.5) is 8.78 Å². The van der Waals surface area contributed by atoms with E-state index in [1.165, 1.54) is 23.4 Å². The predicted octanol–water partition coefficient (Wildman–Crippen LogP) is 2.83. The zero-order valence-electron chi connectivity index (χ0n) is 15.5. The Morgan fingerprint density at radius 1 is 1.03 bits per heavy atom. The Morgan fingerprint density at radius 3 is 2.38 bits per heavy atom. The Balaban J connectivity index is 1.74. The lowest BCUT2D eigenvalue weighted by atomic mass is 9.78. The second kappa shape index (κ2) is 7.51. The minimum atomic E-state index is -1.69. The van der Waals surface area contributed by atoms with Crippen LogP contribution in [0.15, 0.2) is 67.8 Å². The van der Waals surface area contributed by atoms with E-state index in [4.69, 9.17) is 0 Å². The lowest BCUT2D eigenvalue weighted by molar-refractivity contribution is -0.0112. The number of hydrogen-bond acceptors (Lipinski definition) is 5. The molecule has 2 aromatic heterocycles. The van der Waals surface area contributed by atoms with Crippen LogP contribution in [-0.4, -0.2) is 34.6 Å². The summed E-state index contributed by atoms with van der Waals surface area (Å²) in [5.74, 6) is -2.07. The maximum atomic E-state index is 14.6. The minimum Gasteiger partial charge on any atom is -0.382 e. The maximum absolute atomic E-state index is 14.6. The van der Waals surface area contributed by atoms with Crippen LogP contribution >= 0.6 is 0 Å². The van der Waals surface area contributed by atoms with Gasteiger partial charge in [0, 0.05) is 23.2 Å². The van der Waals surface area contributed by atoms with Gasteiger partial charge in [0.1, 0.15) is 42.5 Å². The molecule has 0 saturated carbocycles. The first kappa shape index (κ1) is 18.9. The van der Waals surface area contributed by atoms with Crippen LogP contribution in [0.25, 0.3) is 5.69 Å². The molecule has 4 aromatic rings. The van der Waals surface area contributed by atoms with E-state index in [9.17, 15) is 13.9 Å². The van der Waals surface area contributed by atoms with E-state index in [1.807, 2.05) is 24.3 Å². The Morgan fingerprint density at radius 2 is 1.76 bits per heavy atom. The zero-order valence-corrected chi connectivity index (χ0v) is 15.5. The third-order valence-electron chi connectivity index (χ3n) is 5.09. The fourth-order valence-electron chi connectivity index (χ4n) is 3.40. The fourth-order valence-corrected chi connectivity index (χ4v) is 3.40. The monoisotopic (exact) mass is 396 g/mol. The van der Waals surface area contributed by atoms with Gasteiger partial charge in [-0.3, -0.25) is 4.57 Å². The molecule has 2 heterocycles. The smallest absolute Gasteiger partial charge is 0.137 e. The number of hydrogen-bond donors (Lipinski definition) is 1. The van der Waals surface area contributed by atoms with Gasteiger partial charge in [-0.25, -0.2) is 18.4 Å². The summed E-state index contributed by atoms with van der Waals surface area (Å²) in [7, 11) is 0. The van der Waals surface area contributed by atoms with Crippen LogP contribution in [-0.2, 0) is 12.1 Å². The minimum absolute atomic E-state index is 0.00946. The van der Waals surface area contributed by atoms with Crippen molar-refractivity contribution in [1.82, 2.24) is 29.5 Å². The second-order valence-electron chi connectivity index (χ2n) is 6.82. The fraction of sp³-hybridized carbons (Fsp3) is 0.200. The topological polar surface area (TPSA) is 81.6 Å². The quantitative estimate of drug-likeness (QED) is 0.542. The van der Waals surface area contributed by atoms with Crippen molar-refractivity contribution in [1.29, 1.82) is 0 Å². The second-order valence-corrected chi connectivity index (χ2v) is 6.82. The molecule has 0 amide bonds. The van der Waals surface area contributed by atoms with E-state index in [-0.39, 0.29) is 12.1 Å². The predicted molar refractivity (Wildman–Crippen MR) is 100 cm³/mol. The molecule has 4 rings (SSSR count). The van der Waals surface area contributed by atoms with Gasteiger partial charge in [-0.15, -0.1) is 10.2 Å². The van der Waals surface area contributed by atoms with E-state index < -0.39 is 23.2 Å². The summed E-state index contributed by atoms with van der Waals surface area (Å²) in [5.41, 5.74) is -0.0829. The Kier molecular flexibility index (Phi) is 4.89.